The maximum atomic E-state index is 5.49. The van der Waals surface area contributed by atoms with Crippen molar-refractivity contribution >= 4 is 16.9 Å². The molecule has 144 valence electrons. The largest absolute Gasteiger partial charge is 0.381 e. The van der Waals surface area contributed by atoms with Crippen LogP contribution in [-0.2, 0) is 4.74 Å². The monoisotopic (exact) mass is 374 g/mol. The lowest BCUT2D eigenvalue weighted by molar-refractivity contribution is 0.0904. The molecule has 1 aliphatic rings. The van der Waals surface area contributed by atoms with Crippen LogP contribution in [0.3, 0.4) is 0 Å². The maximum Gasteiger partial charge on any atom is 0.151 e. The van der Waals surface area contributed by atoms with E-state index in [0.717, 1.165) is 67.0 Å². The molecule has 1 fully saturated rings. The molecule has 5 heteroatoms. The predicted octanol–water partition coefficient (Wildman–Crippen LogP) is 4.47. The lowest BCUT2D eigenvalue weighted by Crippen LogP contribution is -2.28. The molecule has 3 heterocycles. The van der Waals surface area contributed by atoms with Crippen LogP contribution in [-0.4, -0.2) is 33.8 Å². The van der Waals surface area contributed by atoms with Crippen LogP contribution in [0.4, 0.5) is 5.82 Å². The van der Waals surface area contributed by atoms with Crippen molar-refractivity contribution in [3.05, 3.63) is 47.9 Å². The fourth-order valence-electron chi connectivity index (χ4n) is 3.56. The van der Waals surface area contributed by atoms with Gasteiger partial charge in [0, 0.05) is 37.6 Å². The Kier molecular flexibility index (Phi) is 5.59. The third-order valence-electron chi connectivity index (χ3n) is 5.02. The first-order chi connectivity index (χ1) is 13.8. The zero-order valence-corrected chi connectivity index (χ0v) is 16.5. The second-order valence-electron chi connectivity index (χ2n) is 7.26. The van der Waals surface area contributed by atoms with Crippen LogP contribution in [0.15, 0.2) is 36.8 Å². The van der Waals surface area contributed by atoms with Crippen molar-refractivity contribution in [2.75, 3.05) is 18.5 Å². The molecular formula is C23H26N4O. The van der Waals surface area contributed by atoms with Crippen molar-refractivity contribution in [1.29, 1.82) is 0 Å². The van der Waals surface area contributed by atoms with Gasteiger partial charge in [-0.25, -0.2) is 9.97 Å². The SMILES string of the molecule is CCCC#Cc1cn(-c2cccc(C)c2)c2ncnc(NC3CCOCC3)c12. The smallest absolute Gasteiger partial charge is 0.151 e. The number of hydrogen-bond acceptors (Lipinski definition) is 4. The summed E-state index contributed by atoms with van der Waals surface area (Å²) in [7, 11) is 0. The Morgan fingerprint density at radius 2 is 2.11 bits per heavy atom. The first kappa shape index (κ1) is 18.5. The maximum absolute atomic E-state index is 5.49. The Labute approximate surface area is 166 Å². The van der Waals surface area contributed by atoms with E-state index in [1.807, 2.05) is 0 Å². The quantitative estimate of drug-likeness (QED) is 0.685. The summed E-state index contributed by atoms with van der Waals surface area (Å²) in [5.74, 6) is 7.50. The molecule has 2 aromatic heterocycles. The molecule has 1 N–H and O–H groups in total. The number of anilines is 1. The molecular weight excluding hydrogens is 348 g/mol. The molecule has 28 heavy (non-hydrogen) atoms. The number of benzene rings is 1. The number of fused-ring (bicyclic) bond motifs is 1. The number of ether oxygens (including phenoxy) is 1. The Morgan fingerprint density at radius 3 is 2.89 bits per heavy atom. The summed E-state index contributed by atoms with van der Waals surface area (Å²) in [6, 6.07) is 8.80. The van der Waals surface area contributed by atoms with Crippen molar-refractivity contribution in [2.24, 2.45) is 0 Å². The fraction of sp³-hybridized carbons (Fsp3) is 0.391. The van der Waals surface area contributed by atoms with E-state index in [2.05, 4.69) is 76.0 Å². The van der Waals surface area contributed by atoms with Crippen LogP contribution >= 0.6 is 0 Å². The standard InChI is InChI=1S/C23H26N4O/c1-3-4-5-8-18-15-27(20-9-6-7-17(2)14-20)23-21(18)22(24-16-25-23)26-19-10-12-28-13-11-19/h6-7,9,14-16,19H,3-4,10-13H2,1-2H3,(H,24,25,26). The Bertz CT molecular complexity index is 1020. The highest BCUT2D eigenvalue weighted by molar-refractivity contribution is 5.94. The average Bonchev–Trinajstić information content (AvgIpc) is 3.09. The molecule has 0 spiro atoms. The summed E-state index contributed by atoms with van der Waals surface area (Å²) in [6.07, 6.45) is 7.63. The summed E-state index contributed by atoms with van der Waals surface area (Å²) in [5.41, 5.74) is 4.16. The first-order valence-electron chi connectivity index (χ1n) is 10.0. The fourth-order valence-corrected chi connectivity index (χ4v) is 3.56. The number of nitrogens with one attached hydrogen (secondary N) is 1. The van der Waals surface area contributed by atoms with Crippen molar-refractivity contribution in [3.63, 3.8) is 0 Å². The summed E-state index contributed by atoms with van der Waals surface area (Å²) in [5, 5.41) is 4.62. The van der Waals surface area contributed by atoms with Gasteiger partial charge in [-0.3, -0.25) is 4.57 Å². The van der Waals surface area contributed by atoms with Crippen LogP contribution < -0.4 is 5.32 Å². The average molecular weight is 374 g/mol. The highest BCUT2D eigenvalue weighted by atomic mass is 16.5. The molecule has 0 unspecified atom stereocenters. The summed E-state index contributed by atoms with van der Waals surface area (Å²) >= 11 is 0. The molecule has 0 radical (unpaired) electrons. The normalized spacial score (nSPS) is 14.6. The molecule has 1 aromatic carbocycles. The van der Waals surface area contributed by atoms with Gasteiger partial charge in [-0.05, 0) is 43.9 Å². The van der Waals surface area contributed by atoms with Crippen molar-refractivity contribution in [1.82, 2.24) is 14.5 Å². The van der Waals surface area contributed by atoms with E-state index in [9.17, 15) is 0 Å². The Morgan fingerprint density at radius 1 is 1.25 bits per heavy atom. The molecule has 0 aliphatic carbocycles. The van der Waals surface area contributed by atoms with Gasteiger partial charge < -0.3 is 10.1 Å². The van der Waals surface area contributed by atoms with Gasteiger partial charge in [-0.15, -0.1) is 0 Å². The summed E-state index contributed by atoms with van der Waals surface area (Å²) < 4.78 is 7.61. The van der Waals surface area contributed by atoms with Gasteiger partial charge in [0.1, 0.15) is 12.1 Å². The molecule has 1 aliphatic heterocycles. The third kappa shape index (κ3) is 3.88. The molecule has 0 amide bonds. The van der Waals surface area contributed by atoms with Crippen LogP contribution in [0.25, 0.3) is 16.7 Å². The van der Waals surface area contributed by atoms with Gasteiger partial charge in [-0.2, -0.15) is 0 Å². The number of aromatic nitrogens is 3. The number of aryl methyl sites for hydroxylation is 1. The van der Waals surface area contributed by atoms with Crippen LogP contribution in [0, 0.1) is 18.8 Å². The highest BCUT2D eigenvalue weighted by Crippen LogP contribution is 2.29. The molecule has 0 saturated carbocycles. The number of rotatable bonds is 4. The Hall–Kier alpha value is -2.84. The lowest BCUT2D eigenvalue weighted by Gasteiger charge is -2.23. The molecule has 5 nitrogen and oxygen atoms in total. The van der Waals surface area contributed by atoms with E-state index >= 15 is 0 Å². The molecule has 0 atom stereocenters. The minimum atomic E-state index is 0.366. The molecule has 3 aromatic rings. The van der Waals surface area contributed by atoms with E-state index < -0.39 is 0 Å². The summed E-state index contributed by atoms with van der Waals surface area (Å²) in [4.78, 5) is 9.18. The van der Waals surface area contributed by atoms with E-state index in [1.165, 1.54) is 5.56 Å². The van der Waals surface area contributed by atoms with Crippen molar-refractivity contribution in [3.8, 4) is 17.5 Å². The third-order valence-corrected chi connectivity index (χ3v) is 5.02. The van der Waals surface area contributed by atoms with Crippen LogP contribution in [0.1, 0.15) is 43.7 Å². The zero-order chi connectivity index (χ0) is 19.3. The summed E-state index contributed by atoms with van der Waals surface area (Å²) in [6.45, 7) is 5.83. The van der Waals surface area contributed by atoms with E-state index in [-0.39, 0.29) is 0 Å². The second kappa shape index (κ2) is 8.45. The number of nitrogens with zero attached hydrogens (tertiary/aromatic N) is 3. The van der Waals surface area contributed by atoms with E-state index in [1.54, 1.807) is 6.33 Å². The van der Waals surface area contributed by atoms with E-state index in [4.69, 9.17) is 4.74 Å². The van der Waals surface area contributed by atoms with Gasteiger partial charge in [0.05, 0.1) is 10.9 Å². The topological polar surface area (TPSA) is 52.0 Å². The number of unbranched alkanes of at least 4 members (excludes halogenated alkanes) is 1. The van der Waals surface area contributed by atoms with Crippen LogP contribution in [0.2, 0.25) is 0 Å². The minimum Gasteiger partial charge on any atom is -0.381 e. The number of hydrogen-bond donors (Lipinski definition) is 1. The lowest BCUT2D eigenvalue weighted by atomic mass is 10.1. The van der Waals surface area contributed by atoms with Gasteiger partial charge in [-0.1, -0.05) is 30.9 Å². The first-order valence-corrected chi connectivity index (χ1v) is 10.0. The van der Waals surface area contributed by atoms with Gasteiger partial charge >= 0.3 is 0 Å². The van der Waals surface area contributed by atoms with Crippen LogP contribution in [0.5, 0.6) is 0 Å². The predicted molar refractivity (Wildman–Crippen MR) is 113 cm³/mol. The van der Waals surface area contributed by atoms with E-state index in [0.29, 0.717) is 6.04 Å². The van der Waals surface area contributed by atoms with Gasteiger partial charge in [0.2, 0.25) is 0 Å². The molecule has 1 saturated heterocycles. The van der Waals surface area contributed by atoms with Gasteiger partial charge in [0.15, 0.2) is 5.65 Å². The molecule has 4 rings (SSSR count). The highest BCUT2D eigenvalue weighted by Gasteiger charge is 2.19. The van der Waals surface area contributed by atoms with Gasteiger partial charge in [0.25, 0.3) is 0 Å². The molecule has 0 bridgehead atoms. The second-order valence-corrected chi connectivity index (χ2v) is 7.26. The minimum absolute atomic E-state index is 0.366. The zero-order valence-electron chi connectivity index (χ0n) is 16.5. The van der Waals surface area contributed by atoms with Crippen molar-refractivity contribution in [2.45, 2.75) is 45.6 Å². The Balaban J connectivity index is 1.83. The van der Waals surface area contributed by atoms with Crippen molar-refractivity contribution < 1.29 is 4.74 Å².